The van der Waals surface area contributed by atoms with E-state index in [1.54, 1.807) is 7.11 Å². The number of rotatable bonds is 10. The van der Waals surface area contributed by atoms with E-state index in [4.69, 9.17) is 14.5 Å². The van der Waals surface area contributed by atoms with Crippen LogP contribution in [0.25, 0.3) is 0 Å². The maximum atomic E-state index is 6.28. The quantitative estimate of drug-likeness (QED) is 0.153. The second-order valence-corrected chi connectivity index (χ2v) is 12.6. The minimum Gasteiger partial charge on any atom is -0.467 e. The van der Waals surface area contributed by atoms with Gasteiger partial charge in [-0.1, -0.05) is 91.7 Å². The van der Waals surface area contributed by atoms with Crippen molar-refractivity contribution < 1.29 is 9.47 Å². The summed E-state index contributed by atoms with van der Waals surface area (Å²) in [6, 6.07) is 21.5. The third kappa shape index (κ3) is 6.70. The summed E-state index contributed by atoms with van der Waals surface area (Å²) in [4.78, 5) is 4.98. The molecular formula is C33H44NO2P. The van der Waals surface area contributed by atoms with Crippen molar-refractivity contribution in [3.05, 3.63) is 88.5 Å². The van der Waals surface area contributed by atoms with E-state index in [9.17, 15) is 0 Å². The van der Waals surface area contributed by atoms with Crippen LogP contribution in [0.1, 0.15) is 82.2 Å². The van der Waals surface area contributed by atoms with E-state index in [2.05, 4.69) is 97.9 Å². The van der Waals surface area contributed by atoms with Gasteiger partial charge in [-0.15, -0.1) is 0 Å². The fraction of sp³-hybridized carbons (Fsp3) is 0.424. The highest BCUT2D eigenvalue weighted by atomic mass is 31.1. The van der Waals surface area contributed by atoms with Crippen LogP contribution in [0.2, 0.25) is 0 Å². The van der Waals surface area contributed by atoms with Gasteiger partial charge in [0.15, 0.2) is 6.79 Å². The smallest absolute Gasteiger partial charge is 0.188 e. The summed E-state index contributed by atoms with van der Waals surface area (Å²) in [7, 11) is 2.25. The Labute approximate surface area is 226 Å². The first-order valence-electron chi connectivity index (χ1n) is 13.3. The molecule has 3 nitrogen and oxygen atoms in total. The van der Waals surface area contributed by atoms with Crippen LogP contribution < -0.4 is 10.0 Å². The predicted octanol–water partition coefficient (Wildman–Crippen LogP) is 8.74. The molecule has 198 valence electrons. The van der Waals surface area contributed by atoms with Crippen molar-refractivity contribution in [2.24, 2.45) is 4.99 Å². The molecule has 0 saturated heterocycles. The van der Waals surface area contributed by atoms with Gasteiger partial charge in [-0.2, -0.15) is 0 Å². The second kappa shape index (κ2) is 12.4. The van der Waals surface area contributed by atoms with E-state index < -0.39 is 0 Å². The highest BCUT2D eigenvalue weighted by Crippen LogP contribution is 2.52. The van der Waals surface area contributed by atoms with Crippen LogP contribution in [0.15, 0.2) is 65.7 Å². The standard InChI is InChI=1S/C33H44NO2P/c1-10-33(11-2,29-21-26(32(6,7)8)20-24(4)30(29)36-22-35-9)37-31-23(3)16-15-19-28(31)25(5)34-27-17-13-12-14-18-27/h12-21,37H,10-11,22H2,1-9H3/b34-25+. The number of aryl methyl sites for hydroxylation is 2. The van der Waals surface area contributed by atoms with E-state index >= 15 is 0 Å². The van der Waals surface area contributed by atoms with E-state index in [0.29, 0.717) is 8.58 Å². The van der Waals surface area contributed by atoms with Gasteiger partial charge in [0, 0.05) is 29.1 Å². The van der Waals surface area contributed by atoms with Crippen LogP contribution in [0.3, 0.4) is 0 Å². The SMILES string of the molecule is CCC(CC)(Pc1c(C)cccc1/C(C)=N/c1ccccc1)c1cc(C(C)(C)C)cc(C)c1OCOC. The van der Waals surface area contributed by atoms with Crippen LogP contribution in [-0.4, -0.2) is 19.6 Å². The largest absolute Gasteiger partial charge is 0.467 e. The molecule has 0 bridgehead atoms. The molecule has 3 rings (SSSR count). The van der Waals surface area contributed by atoms with Crippen molar-refractivity contribution in [2.45, 2.75) is 78.8 Å². The molecule has 3 aromatic rings. The molecule has 0 amide bonds. The Morgan fingerprint density at radius 2 is 1.57 bits per heavy atom. The molecule has 37 heavy (non-hydrogen) atoms. The molecule has 1 unspecified atom stereocenters. The molecule has 0 aromatic heterocycles. The number of nitrogens with zero attached hydrogens (tertiary/aromatic N) is 1. The summed E-state index contributed by atoms with van der Waals surface area (Å²) in [6.45, 7) is 18.3. The Bertz CT molecular complexity index is 1220. The van der Waals surface area contributed by atoms with Gasteiger partial charge in [-0.25, -0.2) is 0 Å². The lowest BCUT2D eigenvalue weighted by Gasteiger charge is -2.37. The lowest BCUT2D eigenvalue weighted by molar-refractivity contribution is 0.0494. The van der Waals surface area contributed by atoms with E-state index in [0.717, 1.165) is 30.0 Å². The van der Waals surface area contributed by atoms with Crippen molar-refractivity contribution in [1.82, 2.24) is 0 Å². The lowest BCUT2D eigenvalue weighted by Crippen LogP contribution is -2.27. The zero-order valence-corrected chi connectivity index (χ0v) is 25.2. The zero-order valence-electron chi connectivity index (χ0n) is 24.2. The molecule has 0 radical (unpaired) electrons. The zero-order chi connectivity index (χ0) is 27.2. The van der Waals surface area contributed by atoms with Crippen molar-refractivity contribution in [3.63, 3.8) is 0 Å². The Hall–Kier alpha value is -2.48. The van der Waals surface area contributed by atoms with E-state index in [-0.39, 0.29) is 17.4 Å². The first kappa shape index (κ1) is 29.1. The normalized spacial score (nSPS) is 12.9. The third-order valence-electron chi connectivity index (χ3n) is 7.26. The Kier molecular flexibility index (Phi) is 9.73. The number of methoxy groups -OCH3 is 1. The lowest BCUT2D eigenvalue weighted by atomic mass is 9.81. The topological polar surface area (TPSA) is 30.8 Å². The summed E-state index contributed by atoms with van der Waals surface area (Å²) in [6.07, 6.45) is 2.03. The fourth-order valence-corrected chi connectivity index (χ4v) is 6.71. The van der Waals surface area contributed by atoms with Gasteiger partial charge in [0.2, 0.25) is 0 Å². The van der Waals surface area contributed by atoms with Gasteiger partial charge in [-0.3, -0.25) is 4.99 Å². The predicted molar refractivity (Wildman–Crippen MR) is 162 cm³/mol. The fourth-order valence-electron chi connectivity index (χ4n) is 4.88. The summed E-state index contributed by atoms with van der Waals surface area (Å²) in [5, 5.41) is 1.32. The monoisotopic (exact) mass is 517 g/mol. The van der Waals surface area contributed by atoms with Crippen LogP contribution in [-0.2, 0) is 15.3 Å². The summed E-state index contributed by atoms with van der Waals surface area (Å²) in [5.74, 6) is 0.968. The maximum Gasteiger partial charge on any atom is 0.188 e. The number of aliphatic imine (C=N–C) groups is 1. The van der Waals surface area contributed by atoms with Gasteiger partial charge in [0.1, 0.15) is 5.75 Å². The average molecular weight is 518 g/mol. The molecule has 0 N–H and O–H groups in total. The molecule has 0 heterocycles. The number of hydrogen-bond acceptors (Lipinski definition) is 3. The van der Waals surface area contributed by atoms with E-state index in [1.165, 1.54) is 33.1 Å². The van der Waals surface area contributed by atoms with Gasteiger partial charge in [0.25, 0.3) is 0 Å². The van der Waals surface area contributed by atoms with Crippen molar-refractivity contribution in [2.75, 3.05) is 13.9 Å². The van der Waals surface area contributed by atoms with E-state index in [1.807, 2.05) is 18.2 Å². The minimum absolute atomic E-state index is 0.0440. The van der Waals surface area contributed by atoms with Crippen molar-refractivity contribution in [1.29, 1.82) is 0 Å². The second-order valence-electron chi connectivity index (χ2n) is 10.9. The molecule has 3 aromatic carbocycles. The average Bonchev–Trinajstić information content (AvgIpc) is 2.87. The Balaban J connectivity index is 2.21. The van der Waals surface area contributed by atoms with Crippen molar-refractivity contribution in [3.8, 4) is 5.75 Å². The van der Waals surface area contributed by atoms with Gasteiger partial charge < -0.3 is 9.47 Å². The Morgan fingerprint density at radius 3 is 2.16 bits per heavy atom. The molecule has 0 aliphatic carbocycles. The highest BCUT2D eigenvalue weighted by molar-refractivity contribution is 7.49. The molecule has 1 atom stereocenters. The molecule has 0 fully saturated rings. The molecule has 0 aliphatic heterocycles. The van der Waals surface area contributed by atoms with Crippen LogP contribution in [0.5, 0.6) is 5.75 Å². The molecular weight excluding hydrogens is 473 g/mol. The van der Waals surface area contributed by atoms with Crippen LogP contribution >= 0.6 is 8.58 Å². The first-order chi connectivity index (χ1) is 17.6. The van der Waals surface area contributed by atoms with Gasteiger partial charge >= 0.3 is 0 Å². The molecule has 0 aliphatic rings. The molecule has 0 spiro atoms. The van der Waals surface area contributed by atoms with Crippen LogP contribution in [0, 0.1) is 13.8 Å². The van der Waals surface area contributed by atoms with Crippen molar-refractivity contribution >= 4 is 25.3 Å². The first-order valence-corrected chi connectivity index (χ1v) is 14.3. The number of hydrogen-bond donors (Lipinski definition) is 0. The summed E-state index contributed by atoms with van der Waals surface area (Å²) in [5.41, 5.74) is 8.43. The number of para-hydroxylation sites is 1. The number of benzene rings is 3. The third-order valence-corrected chi connectivity index (χ3v) is 9.63. The molecule has 0 saturated carbocycles. The van der Waals surface area contributed by atoms with Crippen LogP contribution in [0.4, 0.5) is 5.69 Å². The van der Waals surface area contributed by atoms with Gasteiger partial charge in [-0.05, 0) is 73.2 Å². The minimum atomic E-state index is -0.0665. The number of ether oxygens (including phenoxy) is 2. The van der Waals surface area contributed by atoms with Gasteiger partial charge in [0.05, 0.1) is 5.69 Å². The summed E-state index contributed by atoms with van der Waals surface area (Å²) < 4.78 is 11.6. The highest BCUT2D eigenvalue weighted by Gasteiger charge is 2.35. The maximum absolute atomic E-state index is 6.28. The summed E-state index contributed by atoms with van der Waals surface area (Å²) >= 11 is 0. The Morgan fingerprint density at radius 1 is 0.892 bits per heavy atom. The molecule has 4 heteroatoms.